The van der Waals surface area contributed by atoms with Gasteiger partial charge in [0.1, 0.15) is 5.60 Å². The maximum atomic E-state index is 11.7. The lowest BCUT2D eigenvalue weighted by Gasteiger charge is -2.58. The van der Waals surface area contributed by atoms with E-state index in [9.17, 15) is 10.2 Å². The highest BCUT2D eigenvalue weighted by Gasteiger charge is 2.63. The van der Waals surface area contributed by atoms with Crippen molar-refractivity contribution in [3.63, 3.8) is 0 Å². The van der Waals surface area contributed by atoms with E-state index in [2.05, 4.69) is 36.7 Å². The van der Waals surface area contributed by atoms with E-state index in [0.29, 0.717) is 36.1 Å². The lowest BCUT2D eigenvalue weighted by atomic mass is 9.47. The van der Waals surface area contributed by atoms with Crippen molar-refractivity contribution in [2.45, 2.75) is 76.9 Å². The number of allylic oxidation sites excluding steroid dienone is 1. The van der Waals surface area contributed by atoms with Crippen LogP contribution in [0.3, 0.4) is 0 Å². The largest absolute Gasteiger partial charge is 0.393 e. The molecule has 0 aromatic carbocycles. The topological polar surface area (TPSA) is 43.7 Å². The molecule has 0 aliphatic heterocycles. The first-order chi connectivity index (χ1) is 14.8. The lowest BCUT2D eigenvalue weighted by Crippen LogP contribution is -2.54. The van der Waals surface area contributed by atoms with Crippen molar-refractivity contribution in [2.24, 2.45) is 28.6 Å². The third-order valence-electron chi connectivity index (χ3n) is 9.63. The van der Waals surface area contributed by atoms with Crippen LogP contribution in [0.1, 0.15) is 65.2 Å². The second kappa shape index (κ2) is 9.19. The van der Waals surface area contributed by atoms with Gasteiger partial charge in [-0.1, -0.05) is 37.3 Å². The molecule has 0 aromatic rings. The average molecular weight is 469 g/mol. The third-order valence-corrected chi connectivity index (χ3v) is 9.97. The fraction of sp³-hybridized carbons (Fsp3) is 0.846. The van der Waals surface area contributed by atoms with Gasteiger partial charge in [0.25, 0.3) is 0 Å². The first kappa shape index (κ1) is 23.9. The summed E-state index contributed by atoms with van der Waals surface area (Å²) in [6.45, 7) is 6.91. The Bertz CT molecular complexity index is 754. The minimum Gasteiger partial charge on any atom is -0.393 e. The van der Waals surface area contributed by atoms with Crippen molar-refractivity contribution >= 4 is 23.2 Å². The maximum absolute atomic E-state index is 11.7. The van der Waals surface area contributed by atoms with Crippen molar-refractivity contribution in [2.75, 3.05) is 31.4 Å². The lowest BCUT2D eigenvalue weighted by molar-refractivity contribution is -0.0970. The van der Waals surface area contributed by atoms with Crippen LogP contribution in [-0.2, 0) is 0 Å². The number of fused-ring (bicyclic) bond motifs is 5. The number of rotatable bonds is 5. The van der Waals surface area contributed by atoms with E-state index in [4.69, 9.17) is 23.2 Å². The second-order valence-corrected chi connectivity index (χ2v) is 11.7. The SMILES string of the molecule is CC12CCC(O)CC1=CCC1C2CCC2(C)C1CCC2(O)C#CCN(CCCl)CCCl. The van der Waals surface area contributed by atoms with Gasteiger partial charge in [0.15, 0.2) is 0 Å². The van der Waals surface area contributed by atoms with Crippen molar-refractivity contribution in [1.82, 2.24) is 4.90 Å². The van der Waals surface area contributed by atoms with Crippen LogP contribution in [0.2, 0.25) is 0 Å². The van der Waals surface area contributed by atoms with Gasteiger partial charge in [0.05, 0.1) is 12.6 Å². The highest BCUT2D eigenvalue weighted by molar-refractivity contribution is 6.18. The highest BCUT2D eigenvalue weighted by atomic mass is 35.5. The molecule has 3 nitrogen and oxygen atoms in total. The molecular weight excluding hydrogens is 429 g/mol. The molecule has 2 N–H and O–H groups in total. The summed E-state index contributed by atoms with van der Waals surface area (Å²) in [4.78, 5) is 2.16. The summed E-state index contributed by atoms with van der Waals surface area (Å²) in [5.74, 6) is 9.60. The molecule has 0 spiro atoms. The maximum Gasteiger partial charge on any atom is 0.131 e. The van der Waals surface area contributed by atoms with E-state index >= 15 is 0 Å². The first-order valence-electron chi connectivity index (χ1n) is 12.2. The molecular formula is C26H39Cl2NO2. The van der Waals surface area contributed by atoms with Crippen molar-refractivity contribution in [3.8, 4) is 11.8 Å². The molecule has 7 unspecified atom stereocenters. The highest BCUT2D eigenvalue weighted by Crippen LogP contribution is 2.67. The van der Waals surface area contributed by atoms with E-state index in [1.807, 2.05) is 0 Å². The fourth-order valence-electron chi connectivity index (χ4n) is 7.67. The van der Waals surface area contributed by atoms with Gasteiger partial charge < -0.3 is 10.2 Å². The van der Waals surface area contributed by atoms with Crippen molar-refractivity contribution < 1.29 is 10.2 Å². The first-order valence-corrected chi connectivity index (χ1v) is 13.3. The zero-order valence-electron chi connectivity index (χ0n) is 19.2. The fourth-order valence-corrected chi connectivity index (χ4v) is 8.15. The average Bonchev–Trinajstić information content (AvgIpc) is 3.00. The molecule has 0 bridgehead atoms. The summed E-state index contributed by atoms with van der Waals surface area (Å²) in [6.07, 6.45) is 10.3. The Labute approximate surface area is 198 Å². The van der Waals surface area contributed by atoms with E-state index in [1.54, 1.807) is 0 Å². The summed E-state index contributed by atoms with van der Waals surface area (Å²) < 4.78 is 0. The van der Waals surface area contributed by atoms with E-state index < -0.39 is 5.60 Å². The molecule has 0 saturated heterocycles. The van der Waals surface area contributed by atoms with Crippen LogP contribution in [0.15, 0.2) is 11.6 Å². The smallest absolute Gasteiger partial charge is 0.131 e. The number of halogens is 2. The molecule has 7 atom stereocenters. The minimum atomic E-state index is -0.899. The number of nitrogens with zero attached hydrogens (tertiary/aromatic N) is 1. The third kappa shape index (κ3) is 4.10. The van der Waals surface area contributed by atoms with Gasteiger partial charge >= 0.3 is 0 Å². The molecule has 3 fully saturated rings. The zero-order chi connectivity index (χ0) is 22.3. The molecule has 4 aliphatic carbocycles. The van der Waals surface area contributed by atoms with E-state index in [-0.39, 0.29) is 16.9 Å². The summed E-state index contributed by atoms with van der Waals surface area (Å²) in [5, 5.41) is 21.9. The van der Waals surface area contributed by atoms with E-state index in [0.717, 1.165) is 64.5 Å². The number of hydrogen-bond donors (Lipinski definition) is 2. The van der Waals surface area contributed by atoms with Crippen molar-refractivity contribution in [3.05, 3.63) is 11.6 Å². The molecule has 174 valence electrons. The Morgan fingerprint density at radius 3 is 2.48 bits per heavy atom. The molecule has 4 aliphatic rings. The van der Waals surface area contributed by atoms with Crippen LogP contribution >= 0.6 is 23.2 Å². The number of alkyl halides is 2. The molecule has 31 heavy (non-hydrogen) atoms. The molecule has 4 rings (SSSR count). The van der Waals surface area contributed by atoms with Gasteiger partial charge in [0.2, 0.25) is 0 Å². The second-order valence-electron chi connectivity index (χ2n) is 11.0. The van der Waals surface area contributed by atoms with Gasteiger partial charge in [-0.05, 0) is 74.5 Å². The van der Waals surface area contributed by atoms with Gasteiger partial charge in [-0.3, -0.25) is 4.90 Å². The summed E-state index contributed by atoms with van der Waals surface area (Å²) in [7, 11) is 0. The predicted molar refractivity (Wildman–Crippen MR) is 128 cm³/mol. The van der Waals surface area contributed by atoms with Gasteiger partial charge in [-0.15, -0.1) is 23.2 Å². The molecule has 0 heterocycles. The Morgan fingerprint density at radius 1 is 1.06 bits per heavy atom. The Balaban J connectivity index is 1.53. The van der Waals surface area contributed by atoms with Gasteiger partial charge in [0, 0.05) is 30.3 Å². The van der Waals surface area contributed by atoms with Crippen molar-refractivity contribution in [1.29, 1.82) is 0 Å². The molecule has 0 aromatic heterocycles. The number of aliphatic hydroxyl groups excluding tert-OH is 1. The van der Waals surface area contributed by atoms with Crippen LogP contribution in [0.4, 0.5) is 0 Å². The Morgan fingerprint density at radius 2 is 1.77 bits per heavy atom. The number of aliphatic hydroxyl groups is 2. The Hall–Kier alpha value is -0.240. The quantitative estimate of drug-likeness (QED) is 0.345. The van der Waals surface area contributed by atoms with Gasteiger partial charge in [-0.25, -0.2) is 0 Å². The standard InChI is InChI=1S/C26H39Cl2NO2/c1-24-10-6-20(30)18-19(24)4-5-21-22(24)7-11-25(2)23(21)8-12-26(25,31)9-3-15-29(16-13-27)17-14-28/h4,20-23,30-31H,5-8,10-18H2,1-2H3. The molecule has 0 amide bonds. The van der Waals surface area contributed by atoms with Crippen LogP contribution in [0, 0.1) is 40.4 Å². The summed E-state index contributed by atoms with van der Waals surface area (Å²) >= 11 is 11.8. The van der Waals surface area contributed by atoms with Crippen LogP contribution < -0.4 is 0 Å². The zero-order valence-corrected chi connectivity index (χ0v) is 20.7. The number of hydrogen-bond acceptors (Lipinski definition) is 3. The monoisotopic (exact) mass is 467 g/mol. The minimum absolute atomic E-state index is 0.138. The van der Waals surface area contributed by atoms with Crippen LogP contribution in [-0.4, -0.2) is 58.2 Å². The summed E-state index contributed by atoms with van der Waals surface area (Å²) in [5.41, 5.74) is 0.701. The molecule has 3 saturated carbocycles. The Kier molecular flexibility index (Phi) is 7.08. The van der Waals surface area contributed by atoms with Gasteiger partial charge in [-0.2, -0.15) is 0 Å². The van der Waals surface area contributed by atoms with E-state index in [1.165, 1.54) is 5.57 Å². The predicted octanol–water partition coefficient (Wildman–Crippen LogP) is 4.82. The summed E-state index contributed by atoms with van der Waals surface area (Å²) in [6, 6.07) is 0. The molecule has 0 radical (unpaired) electrons. The normalized spacial score (nSPS) is 44.0. The van der Waals surface area contributed by atoms with Crippen LogP contribution in [0.5, 0.6) is 0 Å². The molecule has 5 heteroatoms. The van der Waals surface area contributed by atoms with Crippen LogP contribution in [0.25, 0.3) is 0 Å².